The second kappa shape index (κ2) is 58.2. The lowest BCUT2D eigenvalue weighted by Gasteiger charge is -2.25. The van der Waals surface area contributed by atoms with Gasteiger partial charge in [0.15, 0.2) is 6.10 Å². The zero-order chi connectivity index (χ0) is 54.8. The molecule has 1 N–H and O–H groups in total. The number of carbonyl (C=O) groups is 3. The van der Waals surface area contributed by atoms with Crippen molar-refractivity contribution in [3.63, 3.8) is 0 Å². The monoisotopic (exact) mass is 1060 g/mol. The van der Waals surface area contributed by atoms with Gasteiger partial charge in [0.25, 0.3) is 6.29 Å². The van der Waals surface area contributed by atoms with Crippen LogP contribution in [0, 0.1) is 0 Å². The molecule has 0 saturated carbocycles. The molecule has 444 valence electrons. The Balaban J connectivity index is 3.85. The number of carboxylic acid groups (broad SMARTS) is 1. The number of ether oxygens (including phenoxy) is 4. The number of esters is 2. The van der Waals surface area contributed by atoms with E-state index in [1.54, 1.807) is 0 Å². The number of hydrogen-bond acceptors (Lipinski definition) is 7. The summed E-state index contributed by atoms with van der Waals surface area (Å²) in [5.74, 6) is -2.00. The molecule has 0 aromatic rings. The molecule has 75 heavy (non-hydrogen) atoms. The number of aliphatic carboxylic acids is 1. The van der Waals surface area contributed by atoms with Gasteiger partial charge < -0.3 is 28.5 Å². The van der Waals surface area contributed by atoms with Crippen molar-refractivity contribution in [2.45, 2.75) is 347 Å². The number of rotatable bonds is 62. The second-order valence-electron chi connectivity index (χ2n) is 23.8. The molecular formula is C66H128NO8+. The summed E-state index contributed by atoms with van der Waals surface area (Å²) in [7, 11) is 5.97. The number of allylic oxidation sites excluding steroid dienone is 2. The largest absolute Gasteiger partial charge is 0.477 e. The molecule has 2 atom stereocenters. The topological polar surface area (TPSA) is 108 Å². The first kappa shape index (κ1) is 73.0. The predicted octanol–water partition coefficient (Wildman–Crippen LogP) is 19.7. The Morgan fingerprint density at radius 3 is 1.01 bits per heavy atom. The molecule has 0 aliphatic rings. The Kier molecular flexibility index (Phi) is 56.7. The molecule has 0 fully saturated rings. The van der Waals surface area contributed by atoms with Crippen molar-refractivity contribution >= 4 is 17.9 Å². The van der Waals surface area contributed by atoms with Gasteiger partial charge in [0.1, 0.15) is 13.2 Å². The number of unbranched alkanes of at least 4 members (excludes halogenated alkanes) is 45. The van der Waals surface area contributed by atoms with E-state index in [1.807, 2.05) is 21.1 Å². The Morgan fingerprint density at radius 1 is 0.387 bits per heavy atom. The van der Waals surface area contributed by atoms with Gasteiger partial charge in [-0.05, 0) is 38.5 Å². The highest BCUT2D eigenvalue weighted by atomic mass is 16.7. The van der Waals surface area contributed by atoms with Crippen LogP contribution in [0.25, 0.3) is 0 Å². The molecule has 9 nitrogen and oxygen atoms in total. The molecule has 0 aromatic heterocycles. The lowest BCUT2D eigenvalue weighted by Crippen LogP contribution is -2.40. The summed E-state index contributed by atoms with van der Waals surface area (Å²) in [6.07, 6.45) is 66.4. The number of nitrogens with zero attached hydrogens (tertiary/aromatic N) is 1. The zero-order valence-electron chi connectivity index (χ0n) is 50.7. The van der Waals surface area contributed by atoms with Gasteiger partial charge in [-0.1, -0.05) is 296 Å². The molecule has 9 heteroatoms. The molecular weight excluding hydrogens is 935 g/mol. The van der Waals surface area contributed by atoms with E-state index in [2.05, 4.69) is 26.0 Å². The standard InChI is InChI=1S/C66H127NO8/c1-6-8-10-12-14-16-18-20-21-22-23-24-25-26-27-28-29-30-31-32-33-34-35-36-37-38-39-40-41-42-43-44-45-47-48-50-52-54-56-63(68)73-60-62(61-74-66(65(70)71)72-59-58-67(3,4)5)75-64(69)57-55-53-51-49-46-19-17-15-13-11-9-7-2/h15,17,62,66H,6-14,16,18-61H2,1-5H3/p+1/b17-15-. The highest BCUT2D eigenvalue weighted by Crippen LogP contribution is 2.19. The number of carboxylic acids is 1. The van der Waals surface area contributed by atoms with E-state index in [0.29, 0.717) is 23.9 Å². The fourth-order valence-electron chi connectivity index (χ4n) is 9.95. The molecule has 0 aliphatic carbocycles. The number of carbonyl (C=O) groups excluding carboxylic acids is 2. The molecule has 0 amide bonds. The minimum Gasteiger partial charge on any atom is -0.477 e. The minimum atomic E-state index is -1.51. The first-order chi connectivity index (χ1) is 36.6. The van der Waals surface area contributed by atoms with Gasteiger partial charge in [-0.15, -0.1) is 0 Å². The highest BCUT2D eigenvalue weighted by molar-refractivity contribution is 5.71. The molecule has 0 rings (SSSR count). The van der Waals surface area contributed by atoms with Gasteiger partial charge in [-0.25, -0.2) is 4.79 Å². The maximum Gasteiger partial charge on any atom is 0.361 e. The van der Waals surface area contributed by atoms with E-state index in [1.165, 1.54) is 250 Å². The molecule has 0 spiro atoms. The van der Waals surface area contributed by atoms with Crippen molar-refractivity contribution in [1.29, 1.82) is 0 Å². The zero-order valence-corrected chi connectivity index (χ0v) is 50.7. The Morgan fingerprint density at radius 2 is 0.680 bits per heavy atom. The van der Waals surface area contributed by atoms with E-state index >= 15 is 0 Å². The first-order valence-electron chi connectivity index (χ1n) is 32.9. The summed E-state index contributed by atoms with van der Waals surface area (Å²) in [6.45, 7) is 4.89. The average Bonchev–Trinajstić information content (AvgIpc) is 3.38. The van der Waals surface area contributed by atoms with Crippen LogP contribution in [-0.2, 0) is 33.3 Å². The fourth-order valence-corrected chi connectivity index (χ4v) is 9.95. The van der Waals surface area contributed by atoms with Crippen LogP contribution in [0.2, 0.25) is 0 Å². The lowest BCUT2D eigenvalue weighted by atomic mass is 10.0. The Labute approximate surface area is 465 Å². The van der Waals surface area contributed by atoms with Crippen LogP contribution in [0.5, 0.6) is 0 Å². The highest BCUT2D eigenvalue weighted by Gasteiger charge is 2.25. The summed E-state index contributed by atoms with van der Waals surface area (Å²) in [4.78, 5) is 37.3. The summed E-state index contributed by atoms with van der Waals surface area (Å²) in [5, 5.41) is 9.68. The van der Waals surface area contributed by atoms with Crippen molar-refractivity contribution in [2.75, 3.05) is 47.5 Å². The van der Waals surface area contributed by atoms with E-state index in [9.17, 15) is 19.5 Å². The van der Waals surface area contributed by atoms with Crippen LogP contribution in [0.4, 0.5) is 0 Å². The minimum absolute atomic E-state index is 0.179. The Hall–Kier alpha value is -1.97. The number of hydrogen-bond donors (Lipinski definition) is 1. The van der Waals surface area contributed by atoms with Crippen molar-refractivity contribution in [1.82, 2.24) is 0 Å². The average molecular weight is 1060 g/mol. The molecule has 0 bridgehead atoms. The van der Waals surface area contributed by atoms with E-state index in [4.69, 9.17) is 18.9 Å². The number of likely N-dealkylation sites (N-methyl/N-ethyl adjacent to an activating group) is 1. The van der Waals surface area contributed by atoms with Crippen LogP contribution in [0.15, 0.2) is 12.2 Å². The van der Waals surface area contributed by atoms with E-state index < -0.39 is 24.3 Å². The fraction of sp³-hybridized carbons (Fsp3) is 0.924. The second-order valence-corrected chi connectivity index (χ2v) is 23.8. The smallest absolute Gasteiger partial charge is 0.361 e. The van der Waals surface area contributed by atoms with Crippen molar-refractivity contribution in [3.05, 3.63) is 12.2 Å². The van der Waals surface area contributed by atoms with Gasteiger partial charge in [0.05, 0.1) is 34.4 Å². The van der Waals surface area contributed by atoms with Crippen LogP contribution in [0.1, 0.15) is 335 Å². The third-order valence-electron chi connectivity index (χ3n) is 15.0. The van der Waals surface area contributed by atoms with Crippen molar-refractivity contribution in [3.8, 4) is 0 Å². The third-order valence-corrected chi connectivity index (χ3v) is 15.0. The molecule has 0 saturated heterocycles. The SMILES string of the molecule is CCCCC/C=C\CCCCCCCC(=O)OC(COC(=O)CCCCCCCCCCCCCCCCCCCCCCCCCCCCCCCCCCCCCCCC)COC(OCC[N+](C)(C)C)C(=O)O. The first-order valence-corrected chi connectivity index (χ1v) is 32.9. The molecule has 2 unspecified atom stereocenters. The summed E-state index contributed by atoms with van der Waals surface area (Å²) >= 11 is 0. The normalized spacial score (nSPS) is 12.7. The van der Waals surface area contributed by atoms with Crippen LogP contribution in [0.3, 0.4) is 0 Å². The van der Waals surface area contributed by atoms with Crippen molar-refractivity contribution in [2.24, 2.45) is 0 Å². The summed E-state index contributed by atoms with van der Waals surface area (Å²) in [5.41, 5.74) is 0. The summed E-state index contributed by atoms with van der Waals surface area (Å²) < 4.78 is 22.9. The van der Waals surface area contributed by atoms with Crippen LogP contribution < -0.4 is 0 Å². The molecule has 0 aliphatic heterocycles. The quantitative estimate of drug-likeness (QED) is 0.0211. The van der Waals surface area contributed by atoms with Gasteiger partial charge in [-0.3, -0.25) is 9.59 Å². The van der Waals surface area contributed by atoms with Gasteiger partial charge in [0.2, 0.25) is 0 Å². The van der Waals surface area contributed by atoms with Crippen LogP contribution >= 0.6 is 0 Å². The van der Waals surface area contributed by atoms with Crippen LogP contribution in [-0.4, -0.2) is 87.4 Å². The third kappa shape index (κ3) is 59.5. The summed E-state index contributed by atoms with van der Waals surface area (Å²) in [6, 6.07) is 0. The van der Waals surface area contributed by atoms with E-state index in [0.717, 1.165) is 51.4 Å². The van der Waals surface area contributed by atoms with Gasteiger partial charge in [0, 0.05) is 12.8 Å². The number of quaternary nitrogens is 1. The van der Waals surface area contributed by atoms with Crippen molar-refractivity contribution < 1.29 is 42.9 Å². The van der Waals surface area contributed by atoms with E-state index in [-0.39, 0.29) is 32.2 Å². The van der Waals surface area contributed by atoms with Gasteiger partial charge in [-0.2, -0.15) is 0 Å². The molecule has 0 radical (unpaired) electrons. The molecule has 0 heterocycles. The maximum absolute atomic E-state index is 12.8. The lowest BCUT2D eigenvalue weighted by molar-refractivity contribution is -0.870. The maximum atomic E-state index is 12.8. The predicted molar refractivity (Wildman–Crippen MR) is 318 cm³/mol. The Bertz CT molecular complexity index is 1240. The van der Waals surface area contributed by atoms with Gasteiger partial charge >= 0.3 is 17.9 Å². The molecule has 0 aromatic carbocycles.